The second kappa shape index (κ2) is 6.28. The van der Waals surface area contributed by atoms with Gasteiger partial charge in [0, 0.05) is 11.6 Å². The molecule has 21 heavy (non-hydrogen) atoms. The molecule has 0 aliphatic heterocycles. The summed E-state index contributed by atoms with van der Waals surface area (Å²) in [6.07, 6.45) is 2.07. The Labute approximate surface area is 126 Å². The van der Waals surface area contributed by atoms with Gasteiger partial charge in [0.1, 0.15) is 5.69 Å². The monoisotopic (exact) mass is 295 g/mol. The predicted octanol–water partition coefficient (Wildman–Crippen LogP) is 3.39. The van der Waals surface area contributed by atoms with Crippen LogP contribution in [0.4, 0.5) is 5.13 Å². The predicted molar refractivity (Wildman–Crippen MR) is 84.1 cm³/mol. The summed E-state index contributed by atoms with van der Waals surface area (Å²) in [5.41, 5.74) is 2.56. The first-order chi connectivity index (χ1) is 10.3. The van der Waals surface area contributed by atoms with Crippen molar-refractivity contribution in [3.05, 3.63) is 65.7 Å². The molecule has 1 aromatic carbocycles. The lowest BCUT2D eigenvalue weighted by molar-refractivity contribution is -0.115. The Morgan fingerprint density at radius 2 is 1.86 bits per heavy atom. The molecular formula is C16H13N3OS. The minimum atomic E-state index is -0.0666. The van der Waals surface area contributed by atoms with Crippen LogP contribution in [0.15, 0.2) is 60.1 Å². The van der Waals surface area contributed by atoms with Crippen molar-refractivity contribution < 1.29 is 4.79 Å². The maximum Gasteiger partial charge on any atom is 0.230 e. The molecule has 0 aliphatic carbocycles. The topological polar surface area (TPSA) is 54.9 Å². The molecule has 5 heteroatoms. The van der Waals surface area contributed by atoms with Gasteiger partial charge in [0.05, 0.1) is 12.1 Å². The Balaban J connectivity index is 1.66. The van der Waals surface area contributed by atoms with Gasteiger partial charge in [-0.05, 0) is 17.7 Å². The van der Waals surface area contributed by atoms with Gasteiger partial charge in [-0.15, -0.1) is 11.3 Å². The lowest BCUT2D eigenvalue weighted by Crippen LogP contribution is -2.14. The van der Waals surface area contributed by atoms with Crippen LogP contribution in [0, 0.1) is 0 Å². The summed E-state index contributed by atoms with van der Waals surface area (Å²) in [6.45, 7) is 0. The molecule has 3 aromatic rings. The lowest BCUT2D eigenvalue weighted by atomic mass is 10.1. The number of anilines is 1. The van der Waals surface area contributed by atoms with Crippen LogP contribution in [0.5, 0.6) is 0 Å². The van der Waals surface area contributed by atoms with Crippen molar-refractivity contribution in [1.82, 2.24) is 9.97 Å². The number of nitrogens with zero attached hydrogens (tertiary/aromatic N) is 2. The Hall–Kier alpha value is -2.53. The summed E-state index contributed by atoms with van der Waals surface area (Å²) in [5, 5.41) is 5.30. The highest BCUT2D eigenvalue weighted by atomic mass is 32.1. The van der Waals surface area contributed by atoms with E-state index in [2.05, 4.69) is 15.3 Å². The zero-order valence-corrected chi connectivity index (χ0v) is 12.0. The second-order valence-electron chi connectivity index (χ2n) is 4.46. The largest absolute Gasteiger partial charge is 0.302 e. The molecule has 0 bridgehead atoms. The molecule has 0 radical (unpaired) electrons. The highest BCUT2D eigenvalue weighted by Crippen LogP contribution is 2.23. The number of carbonyl (C=O) groups excluding carboxylic acids is 1. The quantitative estimate of drug-likeness (QED) is 0.802. The van der Waals surface area contributed by atoms with Crippen LogP contribution in [0.25, 0.3) is 11.4 Å². The maximum atomic E-state index is 12.0. The van der Waals surface area contributed by atoms with Gasteiger partial charge in [-0.2, -0.15) is 0 Å². The Morgan fingerprint density at radius 3 is 2.62 bits per heavy atom. The molecule has 2 heterocycles. The highest BCUT2D eigenvalue weighted by Gasteiger charge is 2.09. The van der Waals surface area contributed by atoms with Crippen LogP contribution in [0.2, 0.25) is 0 Å². The van der Waals surface area contributed by atoms with Crippen LogP contribution in [-0.4, -0.2) is 15.9 Å². The number of aromatic nitrogens is 2. The number of hydrogen-bond donors (Lipinski definition) is 1. The molecule has 4 nitrogen and oxygen atoms in total. The maximum absolute atomic E-state index is 12.0. The molecule has 0 fully saturated rings. The molecule has 0 saturated carbocycles. The van der Waals surface area contributed by atoms with Crippen LogP contribution in [0.3, 0.4) is 0 Å². The van der Waals surface area contributed by atoms with E-state index >= 15 is 0 Å². The van der Waals surface area contributed by atoms with E-state index in [4.69, 9.17) is 0 Å². The lowest BCUT2D eigenvalue weighted by Gasteiger charge is -2.01. The van der Waals surface area contributed by atoms with Crippen LogP contribution in [-0.2, 0) is 11.2 Å². The third-order valence-electron chi connectivity index (χ3n) is 2.89. The van der Waals surface area contributed by atoms with Gasteiger partial charge in [0.2, 0.25) is 5.91 Å². The van der Waals surface area contributed by atoms with E-state index < -0.39 is 0 Å². The average molecular weight is 295 g/mol. The molecule has 1 amide bonds. The normalized spacial score (nSPS) is 10.3. The van der Waals surface area contributed by atoms with Crippen LogP contribution in [0.1, 0.15) is 5.56 Å². The van der Waals surface area contributed by atoms with Crippen molar-refractivity contribution in [3.8, 4) is 11.4 Å². The number of amides is 1. The van der Waals surface area contributed by atoms with E-state index in [1.165, 1.54) is 11.3 Å². The molecule has 0 atom stereocenters. The standard InChI is InChI=1S/C16H13N3OS/c20-15(10-12-6-2-1-3-7-12)19-16-18-14(11-21-16)13-8-4-5-9-17-13/h1-9,11H,10H2,(H,18,19,20). The van der Waals surface area contributed by atoms with E-state index in [1.807, 2.05) is 53.9 Å². The fourth-order valence-corrected chi connectivity index (χ4v) is 2.63. The third kappa shape index (κ3) is 3.52. The number of thiazole rings is 1. The minimum absolute atomic E-state index is 0.0666. The van der Waals surface area contributed by atoms with Crippen LogP contribution < -0.4 is 5.32 Å². The Bertz CT molecular complexity index is 726. The summed E-state index contributed by atoms with van der Waals surface area (Å²) < 4.78 is 0. The first-order valence-electron chi connectivity index (χ1n) is 6.52. The van der Waals surface area contributed by atoms with Gasteiger partial charge in [0.15, 0.2) is 5.13 Å². The fourth-order valence-electron chi connectivity index (χ4n) is 1.91. The number of hydrogen-bond acceptors (Lipinski definition) is 4. The number of pyridine rings is 1. The van der Waals surface area contributed by atoms with Gasteiger partial charge in [0.25, 0.3) is 0 Å². The summed E-state index contributed by atoms with van der Waals surface area (Å²) in [4.78, 5) is 20.6. The first kappa shape index (κ1) is 13.5. The van der Waals surface area contributed by atoms with Gasteiger partial charge >= 0.3 is 0 Å². The van der Waals surface area contributed by atoms with E-state index in [1.54, 1.807) is 6.20 Å². The van der Waals surface area contributed by atoms with Gasteiger partial charge in [-0.25, -0.2) is 4.98 Å². The van der Waals surface area contributed by atoms with E-state index in [0.717, 1.165) is 17.0 Å². The minimum Gasteiger partial charge on any atom is -0.302 e. The number of benzene rings is 1. The van der Waals surface area contributed by atoms with Crippen molar-refractivity contribution >= 4 is 22.4 Å². The zero-order valence-electron chi connectivity index (χ0n) is 11.2. The van der Waals surface area contributed by atoms with Crippen molar-refractivity contribution in [1.29, 1.82) is 0 Å². The number of nitrogens with one attached hydrogen (secondary N) is 1. The summed E-state index contributed by atoms with van der Waals surface area (Å²) >= 11 is 1.40. The van der Waals surface area contributed by atoms with Gasteiger partial charge in [-0.3, -0.25) is 9.78 Å². The Kier molecular flexibility index (Phi) is 4.02. The number of carbonyl (C=O) groups is 1. The summed E-state index contributed by atoms with van der Waals surface area (Å²) in [6, 6.07) is 15.3. The van der Waals surface area contributed by atoms with Gasteiger partial charge < -0.3 is 5.32 Å². The number of rotatable bonds is 4. The SMILES string of the molecule is O=C(Cc1ccccc1)Nc1nc(-c2ccccn2)cs1. The summed E-state index contributed by atoms with van der Waals surface area (Å²) in [5.74, 6) is -0.0666. The van der Waals surface area contributed by atoms with E-state index in [-0.39, 0.29) is 5.91 Å². The molecule has 0 aliphatic rings. The third-order valence-corrected chi connectivity index (χ3v) is 3.64. The zero-order chi connectivity index (χ0) is 14.5. The van der Waals surface area contributed by atoms with Crippen molar-refractivity contribution in [3.63, 3.8) is 0 Å². The molecule has 0 saturated heterocycles. The molecule has 104 valence electrons. The second-order valence-corrected chi connectivity index (χ2v) is 5.32. The van der Waals surface area contributed by atoms with Crippen molar-refractivity contribution in [2.75, 3.05) is 5.32 Å². The van der Waals surface area contributed by atoms with E-state index in [0.29, 0.717) is 11.6 Å². The molecule has 2 aromatic heterocycles. The molecule has 0 spiro atoms. The van der Waals surface area contributed by atoms with E-state index in [9.17, 15) is 4.79 Å². The summed E-state index contributed by atoms with van der Waals surface area (Å²) in [7, 11) is 0. The first-order valence-corrected chi connectivity index (χ1v) is 7.40. The Morgan fingerprint density at radius 1 is 1.05 bits per heavy atom. The molecule has 0 unspecified atom stereocenters. The molecular weight excluding hydrogens is 282 g/mol. The van der Waals surface area contributed by atoms with Crippen molar-refractivity contribution in [2.45, 2.75) is 6.42 Å². The smallest absolute Gasteiger partial charge is 0.230 e. The molecule has 1 N–H and O–H groups in total. The van der Waals surface area contributed by atoms with Gasteiger partial charge in [-0.1, -0.05) is 36.4 Å². The highest BCUT2D eigenvalue weighted by molar-refractivity contribution is 7.14. The van der Waals surface area contributed by atoms with Crippen molar-refractivity contribution in [2.24, 2.45) is 0 Å². The average Bonchev–Trinajstić information content (AvgIpc) is 2.97. The molecule has 3 rings (SSSR count). The fraction of sp³-hybridized carbons (Fsp3) is 0.0625. The van der Waals surface area contributed by atoms with Crippen LogP contribution >= 0.6 is 11.3 Å².